The maximum Gasteiger partial charge on any atom is 0.416 e. The molecule has 114 valence electrons. The highest BCUT2D eigenvalue weighted by atomic mass is 19.4. The van der Waals surface area contributed by atoms with Gasteiger partial charge in [0.1, 0.15) is 5.82 Å². The van der Waals surface area contributed by atoms with Crippen molar-refractivity contribution in [2.45, 2.75) is 31.6 Å². The molecule has 1 unspecified atom stereocenters. The molecule has 21 heavy (non-hydrogen) atoms. The van der Waals surface area contributed by atoms with Crippen molar-refractivity contribution >= 4 is 11.8 Å². The number of benzene rings is 1. The van der Waals surface area contributed by atoms with E-state index < -0.39 is 29.5 Å². The molecule has 8 heteroatoms. The molecular weight excluding hydrogens is 292 g/mol. The van der Waals surface area contributed by atoms with E-state index in [1.165, 1.54) is 0 Å². The van der Waals surface area contributed by atoms with Crippen LogP contribution in [0.25, 0.3) is 0 Å². The lowest BCUT2D eigenvalue weighted by Crippen LogP contribution is -2.50. The summed E-state index contributed by atoms with van der Waals surface area (Å²) in [7, 11) is 0. The maximum atomic E-state index is 13.2. The van der Waals surface area contributed by atoms with E-state index in [9.17, 15) is 27.2 Å². The van der Waals surface area contributed by atoms with Crippen molar-refractivity contribution < 1.29 is 27.2 Å². The zero-order chi connectivity index (χ0) is 15.6. The number of piperidine rings is 1. The molecule has 1 aliphatic rings. The Morgan fingerprint density at radius 2 is 1.95 bits per heavy atom. The lowest BCUT2D eigenvalue weighted by molar-refractivity contribution is -0.138. The molecule has 0 aromatic heterocycles. The molecule has 1 aromatic rings. The summed E-state index contributed by atoms with van der Waals surface area (Å²) in [5, 5.41) is 4.83. The Balaban J connectivity index is 2.05. The number of amides is 2. The quantitative estimate of drug-likeness (QED) is 0.660. The minimum absolute atomic E-state index is 0.0759. The van der Waals surface area contributed by atoms with Gasteiger partial charge in [-0.25, -0.2) is 4.39 Å². The summed E-state index contributed by atoms with van der Waals surface area (Å²) in [6.07, 6.45) is -4.22. The second kappa shape index (κ2) is 5.80. The Morgan fingerprint density at radius 3 is 2.57 bits per heavy atom. The fourth-order valence-corrected chi connectivity index (χ4v) is 2.05. The van der Waals surface area contributed by atoms with Crippen molar-refractivity contribution in [3.63, 3.8) is 0 Å². The van der Waals surface area contributed by atoms with Gasteiger partial charge < -0.3 is 5.32 Å². The summed E-state index contributed by atoms with van der Waals surface area (Å²) in [6.45, 7) is -0.104. The molecule has 2 N–H and O–H groups in total. The third-order valence-corrected chi connectivity index (χ3v) is 3.08. The van der Waals surface area contributed by atoms with E-state index in [0.29, 0.717) is 6.07 Å². The number of hydrogen-bond acceptors (Lipinski definition) is 3. The number of carbonyl (C=O) groups is 2. The number of alkyl halides is 3. The van der Waals surface area contributed by atoms with Crippen LogP contribution in [0.1, 0.15) is 24.0 Å². The fraction of sp³-hybridized carbons (Fsp3) is 0.385. The fourth-order valence-electron chi connectivity index (χ4n) is 2.05. The predicted molar refractivity (Wildman–Crippen MR) is 64.4 cm³/mol. The molecule has 1 aliphatic heterocycles. The number of carbonyl (C=O) groups excluding carboxylic acids is 2. The van der Waals surface area contributed by atoms with E-state index in [1.54, 1.807) is 0 Å². The van der Waals surface area contributed by atoms with Gasteiger partial charge in [0, 0.05) is 13.0 Å². The molecule has 2 amide bonds. The third kappa shape index (κ3) is 4.01. The van der Waals surface area contributed by atoms with Crippen LogP contribution in [0, 0.1) is 5.82 Å². The highest BCUT2D eigenvalue weighted by Gasteiger charge is 2.31. The minimum atomic E-state index is -4.63. The molecule has 0 bridgehead atoms. The summed E-state index contributed by atoms with van der Waals surface area (Å²) in [5.41, 5.74) is -1.01. The normalized spacial score (nSPS) is 19.5. The minimum Gasteiger partial charge on any atom is -0.302 e. The van der Waals surface area contributed by atoms with E-state index in [1.807, 2.05) is 0 Å². The van der Waals surface area contributed by atoms with Crippen molar-refractivity contribution in [3.8, 4) is 0 Å². The van der Waals surface area contributed by atoms with Crippen LogP contribution in [0.15, 0.2) is 18.2 Å². The molecule has 1 aromatic carbocycles. The largest absolute Gasteiger partial charge is 0.416 e. The van der Waals surface area contributed by atoms with Gasteiger partial charge in [-0.1, -0.05) is 0 Å². The molecule has 2 rings (SSSR count). The predicted octanol–water partition coefficient (Wildman–Crippen LogP) is 1.74. The van der Waals surface area contributed by atoms with Crippen LogP contribution in [-0.4, -0.2) is 17.9 Å². The van der Waals surface area contributed by atoms with Crippen LogP contribution in [0.2, 0.25) is 0 Å². The standard InChI is InChI=1S/C13H12F4N2O2/c14-9-4-7(3-8(5-9)13(15,16)17)6-18-10-1-2-11(20)19-12(10)21/h3-5,10,18H,1-2,6H2,(H,19,20,21). The van der Waals surface area contributed by atoms with Gasteiger partial charge in [-0.3, -0.25) is 14.9 Å². The van der Waals surface area contributed by atoms with Crippen LogP contribution in [0.4, 0.5) is 17.6 Å². The number of hydrogen-bond donors (Lipinski definition) is 2. The van der Waals surface area contributed by atoms with Gasteiger partial charge in [0.2, 0.25) is 11.8 Å². The molecule has 4 nitrogen and oxygen atoms in total. The number of rotatable bonds is 3. The van der Waals surface area contributed by atoms with E-state index >= 15 is 0 Å². The summed E-state index contributed by atoms with van der Waals surface area (Å²) in [4.78, 5) is 22.4. The van der Waals surface area contributed by atoms with E-state index in [0.717, 1.165) is 12.1 Å². The highest BCUT2D eigenvalue weighted by molar-refractivity contribution is 6.00. The first-order chi connectivity index (χ1) is 9.75. The van der Waals surface area contributed by atoms with E-state index in [4.69, 9.17) is 0 Å². The molecular formula is C13H12F4N2O2. The Kier molecular flexibility index (Phi) is 4.26. The van der Waals surface area contributed by atoms with Gasteiger partial charge >= 0.3 is 6.18 Å². The molecule has 0 aliphatic carbocycles. The smallest absolute Gasteiger partial charge is 0.302 e. The maximum absolute atomic E-state index is 13.2. The summed E-state index contributed by atoms with van der Waals surface area (Å²) < 4.78 is 50.9. The van der Waals surface area contributed by atoms with Gasteiger partial charge in [0.25, 0.3) is 0 Å². The number of imide groups is 1. The van der Waals surface area contributed by atoms with Crippen molar-refractivity contribution in [1.82, 2.24) is 10.6 Å². The molecule has 1 heterocycles. The number of nitrogens with one attached hydrogen (secondary N) is 2. The Labute approximate surface area is 117 Å². The van der Waals surface area contributed by atoms with Crippen molar-refractivity contribution in [2.75, 3.05) is 0 Å². The molecule has 1 atom stereocenters. The Hall–Kier alpha value is -1.96. The lowest BCUT2D eigenvalue weighted by atomic mass is 10.0. The Morgan fingerprint density at radius 1 is 1.24 bits per heavy atom. The molecule has 1 saturated heterocycles. The van der Waals surface area contributed by atoms with Gasteiger partial charge in [-0.15, -0.1) is 0 Å². The van der Waals surface area contributed by atoms with Crippen molar-refractivity contribution in [2.24, 2.45) is 0 Å². The lowest BCUT2D eigenvalue weighted by Gasteiger charge is -2.22. The molecule has 0 radical (unpaired) electrons. The molecule has 1 fully saturated rings. The number of halogens is 4. The van der Waals surface area contributed by atoms with Crippen LogP contribution in [0.5, 0.6) is 0 Å². The second-order valence-electron chi connectivity index (χ2n) is 4.73. The highest BCUT2D eigenvalue weighted by Crippen LogP contribution is 2.30. The van der Waals surface area contributed by atoms with Crippen LogP contribution in [-0.2, 0) is 22.3 Å². The zero-order valence-electron chi connectivity index (χ0n) is 10.8. The second-order valence-corrected chi connectivity index (χ2v) is 4.73. The monoisotopic (exact) mass is 304 g/mol. The summed E-state index contributed by atoms with van der Waals surface area (Å²) in [5.74, 6) is -1.91. The van der Waals surface area contributed by atoms with Gasteiger partial charge in [-0.2, -0.15) is 13.2 Å². The first-order valence-corrected chi connectivity index (χ1v) is 6.19. The average Bonchev–Trinajstić information content (AvgIpc) is 2.36. The van der Waals surface area contributed by atoms with Crippen LogP contribution < -0.4 is 10.6 Å². The topological polar surface area (TPSA) is 58.2 Å². The van der Waals surface area contributed by atoms with E-state index in [-0.39, 0.29) is 30.9 Å². The van der Waals surface area contributed by atoms with E-state index in [2.05, 4.69) is 10.6 Å². The first-order valence-electron chi connectivity index (χ1n) is 6.19. The SMILES string of the molecule is O=C1CCC(NCc2cc(F)cc(C(F)(F)F)c2)C(=O)N1. The van der Waals surface area contributed by atoms with Gasteiger partial charge in [0.05, 0.1) is 11.6 Å². The van der Waals surface area contributed by atoms with Crippen LogP contribution in [0.3, 0.4) is 0 Å². The summed E-state index contributed by atoms with van der Waals surface area (Å²) in [6, 6.07) is 1.52. The van der Waals surface area contributed by atoms with Gasteiger partial charge in [-0.05, 0) is 30.2 Å². The first kappa shape index (κ1) is 15.4. The van der Waals surface area contributed by atoms with Gasteiger partial charge in [0.15, 0.2) is 0 Å². The molecule has 0 saturated carbocycles. The van der Waals surface area contributed by atoms with Crippen LogP contribution >= 0.6 is 0 Å². The summed E-state index contributed by atoms with van der Waals surface area (Å²) >= 11 is 0. The average molecular weight is 304 g/mol. The third-order valence-electron chi connectivity index (χ3n) is 3.08. The van der Waals surface area contributed by atoms with Crippen molar-refractivity contribution in [1.29, 1.82) is 0 Å². The zero-order valence-corrected chi connectivity index (χ0v) is 10.8. The van der Waals surface area contributed by atoms with Crippen molar-refractivity contribution in [3.05, 3.63) is 35.1 Å². The Bertz CT molecular complexity index is 572. The molecule has 0 spiro atoms.